The van der Waals surface area contributed by atoms with E-state index in [9.17, 15) is 4.79 Å². The molecule has 0 bridgehead atoms. The summed E-state index contributed by atoms with van der Waals surface area (Å²) in [5, 5.41) is 17.3. The van der Waals surface area contributed by atoms with Gasteiger partial charge in [0.1, 0.15) is 0 Å². The van der Waals surface area contributed by atoms with Crippen LogP contribution in [0.1, 0.15) is 18.8 Å². The molecule has 0 aliphatic carbocycles. The highest BCUT2D eigenvalue weighted by Gasteiger charge is 2.14. The maximum atomic E-state index is 11.8. The maximum Gasteiger partial charge on any atom is 0.230 e. The topological polar surface area (TPSA) is 83.6 Å². The number of halogens is 2. The van der Waals surface area contributed by atoms with Gasteiger partial charge in [-0.2, -0.15) is 5.21 Å². The minimum atomic E-state index is -0.309. The van der Waals surface area contributed by atoms with Gasteiger partial charge in [0.2, 0.25) is 5.91 Å². The highest BCUT2D eigenvalue weighted by atomic mass is 35.5. The molecule has 1 aromatic heterocycles. The number of nitrogens with one attached hydrogen (secondary N) is 2. The third-order valence-electron chi connectivity index (χ3n) is 2.38. The van der Waals surface area contributed by atoms with E-state index in [1.165, 1.54) is 11.8 Å². The van der Waals surface area contributed by atoms with Gasteiger partial charge in [0.05, 0.1) is 16.8 Å². The average Bonchev–Trinajstić information content (AvgIpc) is 2.94. The van der Waals surface area contributed by atoms with E-state index >= 15 is 0 Å². The molecule has 1 unspecified atom stereocenters. The molecule has 9 heteroatoms. The first-order valence-corrected chi connectivity index (χ1v) is 7.41. The second-order valence-electron chi connectivity index (χ2n) is 3.92. The number of carbonyl (C=O) groups excluding carboxylic acids is 1. The number of hydrogen-bond donors (Lipinski definition) is 2. The third kappa shape index (κ3) is 4.09. The monoisotopic (exact) mass is 331 g/mol. The van der Waals surface area contributed by atoms with Crippen LogP contribution in [0.25, 0.3) is 0 Å². The summed E-state index contributed by atoms with van der Waals surface area (Å²) in [5.74, 6) is 0.509. The highest BCUT2D eigenvalue weighted by Crippen LogP contribution is 2.29. The molecular formula is C11H11Cl2N5OS. The van der Waals surface area contributed by atoms with E-state index in [2.05, 4.69) is 25.9 Å². The van der Waals surface area contributed by atoms with Crippen molar-refractivity contribution in [3.05, 3.63) is 34.1 Å². The molecule has 2 rings (SSSR count). The second kappa shape index (κ2) is 6.92. The summed E-state index contributed by atoms with van der Waals surface area (Å²) in [4.78, 5) is 12.6. The number of aromatic amines is 1. The van der Waals surface area contributed by atoms with E-state index in [0.717, 1.165) is 4.90 Å². The SMILES string of the molecule is CC(NC(=O)CSc1cc(Cl)ccc1Cl)c1nn[nH]n1. The Bertz CT molecular complexity index is 593. The molecule has 0 aliphatic heterocycles. The molecule has 0 saturated heterocycles. The molecular weight excluding hydrogens is 321 g/mol. The smallest absolute Gasteiger partial charge is 0.230 e. The molecule has 20 heavy (non-hydrogen) atoms. The van der Waals surface area contributed by atoms with Gasteiger partial charge in [-0.3, -0.25) is 4.79 Å². The zero-order chi connectivity index (χ0) is 14.5. The van der Waals surface area contributed by atoms with Crippen molar-refractivity contribution in [2.24, 2.45) is 0 Å². The number of carbonyl (C=O) groups is 1. The van der Waals surface area contributed by atoms with Crippen molar-refractivity contribution < 1.29 is 4.79 Å². The summed E-state index contributed by atoms with van der Waals surface area (Å²) in [6, 6.07) is 4.82. The van der Waals surface area contributed by atoms with Crippen molar-refractivity contribution in [3.63, 3.8) is 0 Å². The first-order chi connectivity index (χ1) is 9.56. The lowest BCUT2D eigenvalue weighted by Gasteiger charge is -2.10. The van der Waals surface area contributed by atoms with Gasteiger partial charge in [-0.05, 0) is 25.1 Å². The highest BCUT2D eigenvalue weighted by molar-refractivity contribution is 8.00. The van der Waals surface area contributed by atoms with Crippen LogP contribution in [-0.4, -0.2) is 32.3 Å². The number of thioether (sulfide) groups is 1. The number of benzene rings is 1. The van der Waals surface area contributed by atoms with E-state index in [1.807, 2.05) is 0 Å². The molecule has 1 heterocycles. The minimum absolute atomic E-state index is 0.150. The molecule has 2 N–H and O–H groups in total. The van der Waals surface area contributed by atoms with Crippen molar-refractivity contribution in [1.82, 2.24) is 25.9 Å². The van der Waals surface area contributed by atoms with Crippen molar-refractivity contribution in [2.45, 2.75) is 17.9 Å². The Kier molecular flexibility index (Phi) is 5.22. The average molecular weight is 332 g/mol. The first-order valence-electron chi connectivity index (χ1n) is 5.67. The van der Waals surface area contributed by atoms with Crippen LogP contribution in [0.2, 0.25) is 10.0 Å². The Balaban J connectivity index is 1.87. The predicted octanol–water partition coefficient (Wildman–Crippen LogP) is 2.48. The van der Waals surface area contributed by atoms with Gasteiger partial charge in [-0.25, -0.2) is 0 Å². The maximum absolute atomic E-state index is 11.8. The number of tetrazole rings is 1. The van der Waals surface area contributed by atoms with Gasteiger partial charge >= 0.3 is 0 Å². The molecule has 106 valence electrons. The quantitative estimate of drug-likeness (QED) is 0.822. The van der Waals surface area contributed by atoms with E-state index in [4.69, 9.17) is 23.2 Å². The molecule has 1 aromatic carbocycles. The largest absolute Gasteiger partial charge is 0.345 e. The van der Waals surface area contributed by atoms with E-state index in [1.54, 1.807) is 25.1 Å². The minimum Gasteiger partial charge on any atom is -0.345 e. The van der Waals surface area contributed by atoms with E-state index in [-0.39, 0.29) is 17.7 Å². The number of hydrogen-bond acceptors (Lipinski definition) is 5. The van der Waals surface area contributed by atoms with E-state index < -0.39 is 0 Å². The Hall–Kier alpha value is -1.31. The molecule has 0 spiro atoms. The summed E-state index contributed by atoms with van der Waals surface area (Å²) in [6.07, 6.45) is 0. The van der Waals surface area contributed by atoms with Crippen molar-refractivity contribution in [2.75, 3.05) is 5.75 Å². The zero-order valence-electron chi connectivity index (χ0n) is 10.4. The zero-order valence-corrected chi connectivity index (χ0v) is 12.8. The molecule has 1 amide bonds. The van der Waals surface area contributed by atoms with Crippen LogP contribution in [0.4, 0.5) is 0 Å². The van der Waals surface area contributed by atoms with Crippen molar-refractivity contribution in [1.29, 1.82) is 0 Å². The lowest BCUT2D eigenvalue weighted by molar-refractivity contribution is -0.119. The lowest BCUT2D eigenvalue weighted by Crippen LogP contribution is -2.28. The van der Waals surface area contributed by atoms with Crippen LogP contribution >= 0.6 is 35.0 Å². The third-order valence-corrected chi connectivity index (χ3v) is 4.11. The fourth-order valence-corrected chi connectivity index (χ4v) is 2.74. The van der Waals surface area contributed by atoms with Gasteiger partial charge in [0.25, 0.3) is 0 Å². The van der Waals surface area contributed by atoms with Crippen molar-refractivity contribution in [3.8, 4) is 0 Å². The number of nitrogens with zero attached hydrogens (tertiary/aromatic N) is 3. The Morgan fingerprint density at radius 2 is 2.30 bits per heavy atom. The molecule has 1 atom stereocenters. The normalized spacial score (nSPS) is 12.2. The number of H-pyrrole nitrogens is 1. The van der Waals surface area contributed by atoms with Crippen LogP contribution in [0.5, 0.6) is 0 Å². The van der Waals surface area contributed by atoms with Crippen LogP contribution in [-0.2, 0) is 4.79 Å². The fourth-order valence-electron chi connectivity index (χ4n) is 1.43. The number of rotatable bonds is 5. The summed E-state index contributed by atoms with van der Waals surface area (Å²) in [5.41, 5.74) is 0. The summed E-state index contributed by atoms with van der Waals surface area (Å²) >= 11 is 13.2. The molecule has 0 saturated carbocycles. The molecule has 0 fully saturated rings. The molecule has 0 aliphatic rings. The Labute approximate surface area is 129 Å². The predicted molar refractivity (Wildman–Crippen MR) is 77.9 cm³/mol. The van der Waals surface area contributed by atoms with Crippen LogP contribution in [0.3, 0.4) is 0 Å². The summed E-state index contributed by atoms with van der Waals surface area (Å²) in [7, 11) is 0. The molecule has 0 radical (unpaired) electrons. The number of aromatic nitrogens is 4. The van der Waals surface area contributed by atoms with Gasteiger partial charge < -0.3 is 5.32 Å². The first kappa shape index (κ1) is 15.1. The molecule has 6 nitrogen and oxygen atoms in total. The Morgan fingerprint density at radius 3 is 3.00 bits per heavy atom. The second-order valence-corrected chi connectivity index (χ2v) is 5.78. The van der Waals surface area contributed by atoms with Crippen LogP contribution < -0.4 is 5.32 Å². The van der Waals surface area contributed by atoms with Gasteiger partial charge in [-0.1, -0.05) is 28.4 Å². The van der Waals surface area contributed by atoms with Crippen molar-refractivity contribution >= 4 is 40.9 Å². The molecule has 2 aromatic rings. The van der Waals surface area contributed by atoms with Crippen LogP contribution in [0.15, 0.2) is 23.1 Å². The summed E-state index contributed by atoms with van der Waals surface area (Å²) in [6.45, 7) is 1.78. The van der Waals surface area contributed by atoms with E-state index in [0.29, 0.717) is 15.9 Å². The standard InChI is InChI=1S/C11H11Cl2N5OS/c1-6(11-15-17-18-16-11)14-10(19)5-20-9-4-7(12)2-3-8(9)13/h2-4,6H,5H2,1H3,(H,14,19)(H,15,16,17,18). The number of amides is 1. The van der Waals surface area contributed by atoms with Gasteiger partial charge in [0, 0.05) is 9.92 Å². The van der Waals surface area contributed by atoms with Crippen LogP contribution in [0, 0.1) is 0 Å². The lowest BCUT2D eigenvalue weighted by atomic mass is 10.3. The fraction of sp³-hybridized carbons (Fsp3) is 0.273. The summed E-state index contributed by atoms with van der Waals surface area (Å²) < 4.78 is 0. The Morgan fingerprint density at radius 1 is 1.50 bits per heavy atom. The van der Waals surface area contributed by atoms with Gasteiger partial charge in [-0.15, -0.1) is 22.0 Å². The van der Waals surface area contributed by atoms with Gasteiger partial charge in [0.15, 0.2) is 5.82 Å².